The topological polar surface area (TPSA) is 9.23 Å². The van der Waals surface area contributed by atoms with E-state index in [0.29, 0.717) is 5.41 Å². The van der Waals surface area contributed by atoms with Gasteiger partial charge in [-0.25, -0.2) is 0 Å². The fraction of sp³-hybridized carbons (Fsp3) is 0.647. The lowest BCUT2D eigenvalue weighted by Gasteiger charge is -2.22. The summed E-state index contributed by atoms with van der Waals surface area (Å²) in [5, 5.41) is 0. The maximum absolute atomic E-state index is 5.75. The van der Waals surface area contributed by atoms with Crippen LogP contribution < -0.4 is 4.74 Å². The lowest BCUT2D eigenvalue weighted by Crippen LogP contribution is -2.10. The SMILES string of the molecule is CCC(C)(C)CCc1ccc(OCC2CC2)cc1. The molecule has 0 aromatic heterocycles. The Kier molecular flexibility index (Phi) is 4.31. The lowest BCUT2D eigenvalue weighted by molar-refractivity contribution is 0.299. The summed E-state index contributed by atoms with van der Waals surface area (Å²) in [4.78, 5) is 0. The summed E-state index contributed by atoms with van der Waals surface area (Å²) in [6, 6.07) is 8.68. The number of hydrogen-bond acceptors (Lipinski definition) is 1. The van der Waals surface area contributed by atoms with Crippen molar-refractivity contribution in [1.82, 2.24) is 0 Å². The van der Waals surface area contributed by atoms with Gasteiger partial charge in [-0.05, 0) is 54.7 Å². The van der Waals surface area contributed by atoms with Crippen LogP contribution in [0.15, 0.2) is 24.3 Å². The molecule has 0 heterocycles. The van der Waals surface area contributed by atoms with E-state index in [-0.39, 0.29) is 0 Å². The molecule has 2 rings (SSSR count). The van der Waals surface area contributed by atoms with Crippen molar-refractivity contribution in [2.24, 2.45) is 11.3 Å². The first-order valence-electron chi connectivity index (χ1n) is 7.31. The quantitative estimate of drug-likeness (QED) is 0.668. The molecule has 100 valence electrons. The third-order valence-electron chi connectivity index (χ3n) is 4.15. The molecule has 1 aliphatic rings. The molecule has 0 saturated heterocycles. The summed E-state index contributed by atoms with van der Waals surface area (Å²) < 4.78 is 5.75. The second kappa shape index (κ2) is 5.77. The van der Waals surface area contributed by atoms with Crippen LogP contribution in [-0.2, 0) is 6.42 Å². The van der Waals surface area contributed by atoms with Gasteiger partial charge in [-0.15, -0.1) is 0 Å². The molecular formula is C17H26O. The van der Waals surface area contributed by atoms with Crippen LogP contribution in [0.1, 0.15) is 52.0 Å². The summed E-state index contributed by atoms with van der Waals surface area (Å²) >= 11 is 0. The fourth-order valence-electron chi connectivity index (χ4n) is 1.91. The molecule has 1 aromatic rings. The molecule has 0 radical (unpaired) electrons. The Morgan fingerprint density at radius 2 is 1.83 bits per heavy atom. The molecule has 0 aliphatic heterocycles. The Labute approximate surface area is 112 Å². The molecule has 18 heavy (non-hydrogen) atoms. The van der Waals surface area contributed by atoms with E-state index in [9.17, 15) is 0 Å². The van der Waals surface area contributed by atoms with Crippen LogP contribution in [0.2, 0.25) is 0 Å². The second-order valence-electron chi connectivity index (χ2n) is 6.42. The maximum Gasteiger partial charge on any atom is 0.119 e. The number of benzene rings is 1. The third-order valence-corrected chi connectivity index (χ3v) is 4.15. The van der Waals surface area contributed by atoms with Crippen molar-refractivity contribution in [1.29, 1.82) is 0 Å². The zero-order valence-corrected chi connectivity index (χ0v) is 12.0. The van der Waals surface area contributed by atoms with Crippen LogP contribution in [0.3, 0.4) is 0 Å². The van der Waals surface area contributed by atoms with Gasteiger partial charge < -0.3 is 4.74 Å². The van der Waals surface area contributed by atoms with Gasteiger partial charge in [0.2, 0.25) is 0 Å². The zero-order chi connectivity index (χ0) is 13.0. The Bertz CT molecular complexity index is 360. The Balaban J connectivity index is 1.79. The van der Waals surface area contributed by atoms with Gasteiger partial charge in [-0.3, -0.25) is 0 Å². The lowest BCUT2D eigenvalue weighted by atomic mass is 9.84. The standard InChI is InChI=1S/C17H26O/c1-4-17(2,3)12-11-14-7-9-16(10-8-14)18-13-15-5-6-15/h7-10,15H,4-6,11-13H2,1-3H3. The van der Waals surface area contributed by atoms with Crippen LogP contribution in [0.4, 0.5) is 0 Å². The fourth-order valence-corrected chi connectivity index (χ4v) is 1.91. The normalized spacial score (nSPS) is 15.7. The summed E-state index contributed by atoms with van der Waals surface area (Å²) in [6.07, 6.45) is 6.37. The van der Waals surface area contributed by atoms with E-state index in [0.717, 1.165) is 18.3 Å². The van der Waals surface area contributed by atoms with Gasteiger partial charge in [0.1, 0.15) is 5.75 Å². The van der Waals surface area contributed by atoms with Crippen molar-refractivity contribution in [2.45, 2.75) is 52.9 Å². The van der Waals surface area contributed by atoms with Gasteiger partial charge in [0.25, 0.3) is 0 Å². The molecule has 0 spiro atoms. The van der Waals surface area contributed by atoms with Crippen molar-refractivity contribution in [3.8, 4) is 5.75 Å². The molecule has 0 amide bonds. The van der Waals surface area contributed by atoms with Gasteiger partial charge >= 0.3 is 0 Å². The molecule has 0 bridgehead atoms. The van der Waals surface area contributed by atoms with Crippen molar-refractivity contribution < 1.29 is 4.74 Å². The number of hydrogen-bond donors (Lipinski definition) is 0. The zero-order valence-electron chi connectivity index (χ0n) is 12.0. The highest BCUT2D eigenvalue weighted by Gasteiger charge is 2.21. The second-order valence-corrected chi connectivity index (χ2v) is 6.42. The highest BCUT2D eigenvalue weighted by atomic mass is 16.5. The van der Waals surface area contributed by atoms with Crippen molar-refractivity contribution in [3.63, 3.8) is 0 Å². The predicted molar refractivity (Wildman–Crippen MR) is 77.1 cm³/mol. The molecule has 1 heteroatoms. The van der Waals surface area contributed by atoms with Crippen LogP contribution in [-0.4, -0.2) is 6.61 Å². The molecule has 1 aliphatic carbocycles. The van der Waals surface area contributed by atoms with E-state index in [1.807, 2.05) is 0 Å². The van der Waals surface area contributed by atoms with E-state index < -0.39 is 0 Å². The van der Waals surface area contributed by atoms with Crippen LogP contribution >= 0.6 is 0 Å². The molecule has 1 nitrogen and oxygen atoms in total. The molecule has 1 saturated carbocycles. The van der Waals surface area contributed by atoms with E-state index in [1.165, 1.54) is 37.7 Å². The van der Waals surface area contributed by atoms with E-state index in [2.05, 4.69) is 45.0 Å². The Morgan fingerprint density at radius 1 is 1.17 bits per heavy atom. The number of ether oxygens (including phenoxy) is 1. The van der Waals surface area contributed by atoms with Crippen molar-refractivity contribution in [2.75, 3.05) is 6.61 Å². The Hall–Kier alpha value is -0.980. The molecule has 0 atom stereocenters. The minimum Gasteiger partial charge on any atom is -0.493 e. The highest BCUT2D eigenvalue weighted by molar-refractivity contribution is 5.27. The van der Waals surface area contributed by atoms with E-state index in [4.69, 9.17) is 4.74 Å². The summed E-state index contributed by atoms with van der Waals surface area (Å²) in [6.45, 7) is 7.87. The molecule has 1 fully saturated rings. The predicted octanol–water partition coefficient (Wildman–Crippen LogP) is 4.84. The minimum atomic E-state index is 0.459. The first-order valence-corrected chi connectivity index (χ1v) is 7.31. The average Bonchev–Trinajstić information content (AvgIpc) is 3.19. The van der Waals surface area contributed by atoms with Gasteiger partial charge in [-0.1, -0.05) is 39.3 Å². The van der Waals surface area contributed by atoms with Gasteiger partial charge in [0, 0.05) is 0 Å². The van der Waals surface area contributed by atoms with Crippen LogP contribution in [0.5, 0.6) is 5.75 Å². The largest absolute Gasteiger partial charge is 0.493 e. The molecule has 1 aromatic carbocycles. The summed E-state index contributed by atoms with van der Waals surface area (Å²) in [5.74, 6) is 1.86. The van der Waals surface area contributed by atoms with Crippen LogP contribution in [0, 0.1) is 11.3 Å². The first kappa shape index (κ1) is 13.5. The summed E-state index contributed by atoms with van der Waals surface area (Å²) in [7, 11) is 0. The van der Waals surface area contributed by atoms with Gasteiger partial charge in [0.15, 0.2) is 0 Å². The van der Waals surface area contributed by atoms with Crippen molar-refractivity contribution >= 4 is 0 Å². The minimum absolute atomic E-state index is 0.459. The molecule has 0 N–H and O–H groups in total. The monoisotopic (exact) mass is 246 g/mol. The first-order chi connectivity index (χ1) is 8.59. The molecule has 0 unspecified atom stereocenters. The summed E-state index contributed by atoms with van der Waals surface area (Å²) in [5.41, 5.74) is 1.89. The molecular weight excluding hydrogens is 220 g/mol. The highest BCUT2D eigenvalue weighted by Crippen LogP contribution is 2.30. The van der Waals surface area contributed by atoms with E-state index in [1.54, 1.807) is 0 Å². The number of aryl methyl sites for hydroxylation is 1. The number of rotatable bonds is 7. The smallest absolute Gasteiger partial charge is 0.119 e. The maximum atomic E-state index is 5.75. The van der Waals surface area contributed by atoms with Gasteiger partial charge in [0.05, 0.1) is 6.61 Å². The average molecular weight is 246 g/mol. The Morgan fingerprint density at radius 3 is 2.39 bits per heavy atom. The van der Waals surface area contributed by atoms with Gasteiger partial charge in [-0.2, -0.15) is 0 Å². The van der Waals surface area contributed by atoms with Crippen molar-refractivity contribution in [3.05, 3.63) is 29.8 Å². The van der Waals surface area contributed by atoms with E-state index >= 15 is 0 Å². The van der Waals surface area contributed by atoms with Crippen LogP contribution in [0.25, 0.3) is 0 Å². The third kappa shape index (κ3) is 4.36.